The molecule has 0 atom stereocenters. The summed E-state index contributed by atoms with van der Waals surface area (Å²) >= 11 is 0. The summed E-state index contributed by atoms with van der Waals surface area (Å²) in [7, 11) is -2.26. The summed E-state index contributed by atoms with van der Waals surface area (Å²) in [6.45, 7) is 11.5. The first-order valence-electron chi connectivity index (χ1n) is 11.1. The lowest BCUT2D eigenvalue weighted by atomic mass is 9.91. The van der Waals surface area contributed by atoms with E-state index in [1.807, 2.05) is 34.6 Å². The van der Waals surface area contributed by atoms with Crippen LogP contribution >= 0.6 is 0 Å². The van der Waals surface area contributed by atoms with Crippen LogP contribution in [0.1, 0.15) is 52.3 Å². The molecule has 2 aromatic rings. The van der Waals surface area contributed by atoms with Crippen molar-refractivity contribution in [1.82, 2.24) is 14.5 Å². The average Bonchev–Trinajstić information content (AvgIpc) is 3.09. The highest BCUT2D eigenvalue weighted by atomic mass is 32.2. The topological polar surface area (TPSA) is 81.5 Å². The lowest BCUT2D eigenvalue weighted by molar-refractivity contribution is -0.134. The average molecular weight is 482 g/mol. The van der Waals surface area contributed by atoms with Gasteiger partial charge in [-0.15, -0.1) is 0 Å². The number of methoxy groups -OCH3 is 1. The maximum Gasteiger partial charge on any atom is 0.228 e. The Labute approximate surface area is 196 Å². The van der Waals surface area contributed by atoms with E-state index in [9.17, 15) is 17.6 Å². The molecular formula is C24H36FN3O4S. The molecule has 0 N–H and O–H groups in total. The van der Waals surface area contributed by atoms with Gasteiger partial charge in [0, 0.05) is 26.6 Å². The van der Waals surface area contributed by atoms with Crippen LogP contribution in [-0.4, -0.2) is 49.0 Å². The molecule has 33 heavy (non-hydrogen) atoms. The highest BCUT2D eigenvalue weighted by Gasteiger charge is 2.27. The van der Waals surface area contributed by atoms with Crippen LogP contribution in [0.3, 0.4) is 0 Å². The van der Waals surface area contributed by atoms with E-state index in [0.717, 1.165) is 0 Å². The third kappa shape index (κ3) is 8.23. The van der Waals surface area contributed by atoms with Gasteiger partial charge in [0.1, 0.15) is 5.82 Å². The Morgan fingerprint density at radius 3 is 2.39 bits per heavy atom. The van der Waals surface area contributed by atoms with Gasteiger partial charge in [-0.1, -0.05) is 46.8 Å². The molecule has 2 rings (SSSR count). The number of hydrogen-bond acceptors (Lipinski definition) is 5. The van der Waals surface area contributed by atoms with Gasteiger partial charge in [0.05, 0.1) is 30.8 Å². The SMILES string of the molecule is COCCn1c(CN(CC(C)C)C(=O)CC(C)(C)C)cnc1S(=O)(=O)Cc1ccc(F)cc1. The van der Waals surface area contributed by atoms with Crippen LogP contribution < -0.4 is 0 Å². The van der Waals surface area contributed by atoms with Crippen molar-refractivity contribution >= 4 is 15.7 Å². The van der Waals surface area contributed by atoms with Gasteiger partial charge in [0.2, 0.25) is 20.9 Å². The highest BCUT2D eigenvalue weighted by molar-refractivity contribution is 7.90. The van der Waals surface area contributed by atoms with Gasteiger partial charge >= 0.3 is 0 Å². The second-order valence-electron chi connectivity index (χ2n) is 9.97. The number of nitrogens with zero attached hydrogens (tertiary/aromatic N) is 3. The molecule has 1 aromatic carbocycles. The first-order valence-corrected chi connectivity index (χ1v) is 12.8. The van der Waals surface area contributed by atoms with E-state index in [0.29, 0.717) is 30.8 Å². The highest BCUT2D eigenvalue weighted by Crippen LogP contribution is 2.23. The molecule has 0 fully saturated rings. The van der Waals surface area contributed by atoms with E-state index in [1.54, 1.807) is 16.6 Å². The van der Waals surface area contributed by atoms with Crippen molar-refractivity contribution in [2.75, 3.05) is 20.3 Å². The molecule has 0 saturated heterocycles. The third-order valence-corrected chi connectivity index (χ3v) is 6.54. The maximum atomic E-state index is 13.2. The number of imidazole rings is 1. The summed E-state index contributed by atoms with van der Waals surface area (Å²) in [6.07, 6.45) is 1.91. The predicted molar refractivity (Wildman–Crippen MR) is 126 cm³/mol. The molecule has 184 valence electrons. The fourth-order valence-electron chi connectivity index (χ4n) is 3.51. The van der Waals surface area contributed by atoms with E-state index in [2.05, 4.69) is 4.98 Å². The van der Waals surface area contributed by atoms with Gasteiger partial charge in [-0.05, 0) is 29.0 Å². The molecule has 1 amide bonds. The van der Waals surface area contributed by atoms with Crippen molar-refractivity contribution in [3.63, 3.8) is 0 Å². The molecule has 9 heteroatoms. The minimum absolute atomic E-state index is 0.0198. The van der Waals surface area contributed by atoms with E-state index in [-0.39, 0.29) is 41.2 Å². The van der Waals surface area contributed by atoms with Crippen LogP contribution in [0.25, 0.3) is 0 Å². The number of rotatable bonds is 11. The Morgan fingerprint density at radius 2 is 1.85 bits per heavy atom. The molecule has 0 saturated carbocycles. The van der Waals surface area contributed by atoms with Crippen molar-refractivity contribution in [3.05, 3.63) is 47.5 Å². The van der Waals surface area contributed by atoms with Crippen molar-refractivity contribution in [2.24, 2.45) is 11.3 Å². The molecule has 1 heterocycles. The summed E-state index contributed by atoms with van der Waals surface area (Å²) < 4.78 is 46.4. The smallest absolute Gasteiger partial charge is 0.228 e. The summed E-state index contributed by atoms with van der Waals surface area (Å²) in [5.74, 6) is -0.447. The molecule has 0 spiro atoms. The molecule has 0 aliphatic carbocycles. The Kier molecular flexibility index (Phi) is 9.20. The van der Waals surface area contributed by atoms with Gasteiger partial charge < -0.3 is 14.2 Å². The Hall–Kier alpha value is -2.26. The Morgan fingerprint density at radius 1 is 1.21 bits per heavy atom. The standard InChI is InChI=1S/C24H36FN3O4S/c1-18(2)15-27(22(29)13-24(3,4)5)16-21-14-26-23(28(21)11-12-32-6)33(30,31)17-19-7-9-20(25)10-8-19/h7-10,14,18H,11-13,15-17H2,1-6H3. The zero-order valence-electron chi connectivity index (χ0n) is 20.5. The van der Waals surface area contributed by atoms with E-state index >= 15 is 0 Å². The summed E-state index contributed by atoms with van der Waals surface area (Å²) in [4.78, 5) is 19.0. The fourth-order valence-corrected chi connectivity index (χ4v) is 5.03. The number of hydrogen-bond donors (Lipinski definition) is 0. The Bertz CT molecular complexity index is 1020. The van der Waals surface area contributed by atoms with Crippen LogP contribution in [0.5, 0.6) is 0 Å². The van der Waals surface area contributed by atoms with Crippen molar-refractivity contribution < 1.29 is 22.3 Å². The second-order valence-corrected chi connectivity index (χ2v) is 11.9. The van der Waals surface area contributed by atoms with Crippen LogP contribution in [0.2, 0.25) is 0 Å². The number of halogens is 1. The number of carbonyl (C=O) groups is 1. The van der Waals surface area contributed by atoms with Crippen LogP contribution in [-0.2, 0) is 38.2 Å². The number of ether oxygens (including phenoxy) is 1. The van der Waals surface area contributed by atoms with Gasteiger partial charge in [-0.25, -0.2) is 17.8 Å². The van der Waals surface area contributed by atoms with Gasteiger partial charge in [-0.2, -0.15) is 0 Å². The van der Waals surface area contributed by atoms with Crippen LogP contribution in [0.15, 0.2) is 35.6 Å². The first-order chi connectivity index (χ1) is 15.3. The fraction of sp³-hybridized carbons (Fsp3) is 0.583. The van der Waals surface area contributed by atoms with Crippen LogP contribution in [0.4, 0.5) is 4.39 Å². The summed E-state index contributed by atoms with van der Waals surface area (Å²) in [6, 6.07) is 5.37. The zero-order valence-corrected chi connectivity index (χ0v) is 21.3. The van der Waals surface area contributed by atoms with Gasteiger partial charge in [0.25, 0.3) is 0 Å². The van der Waals surface area contributed by atoms with Gasteiger partial charge in [-0.3, -0.25) is 4.79 Å². The monoisotopic (exact) mass is 481 g/mol. The maximum absolute atomic E-state index is 13.2. The molecule has 7 nitrogen and oxygen atoms in total. The number of amides is 1. The third-order valence-electron chi connectivity index (χ3n) is 4.94. The second kappa shape index (κ2) is 11.2. The first kappa shape index (κ1) is 27.0. The molecule has 1 aromatic heterocycles. The largest absolute Gasteiger partial charge is 0.383 e. The molecule has 0 aliphatic heterocycles. The Balaban J connectivity index is 2.38. The normalized spacial score (nSPS) is 12.4. The van der Waals surface area contributed by atoms with E-state index in [4.69, 9.17) is 4.74 Å². The number of carbonyl (C=O) groups excluding carboxylic acids is 1. The molecule has 0 radical (unpaired) electrons. The van der Waals surface area contributed by atoms with E-state index in [1.165, 1.54) is 30.5 Å². The van der Waals surface area contributed by atoms with Crippen molar-refractivity contribution in [2.45, 2.75) is 65.0 Å². The quantitative estimate of drug-likeness (QED) is 0.483. The van der Waals surface area contributed by atoms with Crippen molar-refractivity contribution in [1.29, 1.82) is 0 Å². The van der Waals surface area contributed by atoms with E-state index < -0.39 is 15.7 Å². The minimum Gasteiger partial charge on any atom is -0.383 e. The summed E-state index contributed by atoms with van der Waals surface area (Å²) in [5, 5.41) is -0.0772. The zero-order chi connectivity index (χ0) is 24.8. The number of benzene rings is 1. The lowest BCUT2D eigenvalue weighted by Gasteiger charge is -2.28. The number of aromatic nitrogens is 2. The number of sulfone groups is 1. The van der Waals surface area contributed by atoms with Crippen LogP contribution in [0, 0.1) is 17.2 Å². The molecular weight excluding hydrogens is 445 g/mol. The molecule has 0 aliphatic rings. The predicted octanol–water partition coefficient (Wildman–Crippen LogP) is 4.06. The minimum atomic E-state index is -3.80. The molecule has 0 bridgehead atoms. The molecule has 0 unspecified atom stereocenters. The summed E-state index contributed by atoms with van der Waals surface area (Å²) in [5.41, 5.74) is 0.945. The lowest BCUT2D eigenvalue weighted by Crippen LogP contribution is -2.36. The van der Waals surface area contributed by atoms with Crippen molar-refractivity contribution in [3.8, 4) is 0 Å². The van der Waals surface area contributed by atoms with Gasteiger partial charge in [0.15, 0.2) is 0 Å².